The Balaban J connectivity index is 2.45. The minimum atomic E-state index is -0.00230. The number of nitrogens with zero attached hydrogens (tertiary/aromatic N) is 2. The van der Waals surface area contributed by atoms with Crippen molar-refractivity contribution in [1.29, 1.82) is 0 Å². The SMILES string of the molecule is CN=C(NCC(C)Oc1cccc(OC)c1)NCC(C)(C)N(C)C. The van der Waals surface area contributed by atoms with E-state index in [1.54, 1.807) is 14.2 Å². The summed E-state index contributed by atoms with van der Waals surface area (Å²) in [6, 6.07) is 7.61. The zero-order valence-corrected chi connectivity index (χ0v) is 16.0. The summed E-state index contributed by atoms with van der Waals surface area (Å²) in [6.07, 6.45) is -0.00230. The molecule has 6 heteroatoms. The highest BCUT2D eigenvalue weighted by Crippen LogP contribution is 2.19. The molecule has 6 nitrogen and oxygen atoms in total. The standard InChI is InChI=1S/C18H32N4O2/c1-14(24-16-10-8-9-15(11-16)23-7)12-20-17(19-4)21-13-18(2,3)22(5)6/h8-11,14H,12-13H2,1-7H3,(H2,19,20,21). The van der Waals surface area contributed by atoms with E-state index in [9.17, 15) is 0 Å². The zero-order valence-electron chi connectivity index (χ0n) is 16.0. The van der Waals surface area contributed by atoms with E-state index in [1.807, 2.05) is 31.2 Å². The Bertz CT molecular complexity index is 530. The summed E-state index contributed by atoms with van der Waals surface area (Å²) in [7, 11) is 7.56. The van der Waals surface area contributed by atoms with Crippen molar-refractivity contribution in [1.82, 2.24) is 15.5 Å². The van der Waals surface area contributed by atoms with Gasteiger partial charge in [0, 0.05) is 25.2 Å². The van der Waals surface area contributed by atoms with Crippen molar-refractivity contribution in [2.45, 2.75) is 32.4 Å². The molecule has 0 aliphatic carbocycles. The van der Waals surface area contributed by atoms with Crippen molar-refractivity contribution in [3.05, 3.63) is 24.3 Å². The van der Waals surface area contributed by atoms with Crippen LogP contribution in [0, 0.1) is 0 Å². The fourth-order valence-electron chi connectivity index (χ4n) is 1.87. The molecule has 0 amide bonds. The zero-order chi connectivity index (χ0) is 18.2. The summed E-state index contributed by atoms with van der Waals surface area (Å²) in [4.78, 5) is 6.44. The molecule has 1 rings (SSSR count). The highest BCUT2D eigenvalue weighted by atomic mass is 16.5. The summed E-state index contributed by atoms with van der Waals surface area (Å²) < 4.78 is 11.1. The molecule has 2 N–H and O–H groups in total. The van der Waals surface area contributed by atoms with Crippen molar-refractivity contribution in [2.75, 3.05) is 41.3 Å². The second kappa shape index (κ2) is 9.37. The first-order chi connectivity index (χ1) is 11.3. The largest absolute Gasteiger partial charge is 0.497 e. The average Bonchev–Trinajstić information content (AvgIpc) is 2.55. The summed E-state index contributed by atoms with van der Waals surface area (Å²) in [6.45, 7) is 7.83. The van der Waals surface area contributed by atoms with Gasteiger partial charge in [-0.25, -0.2) is 0 Å². The summed E-state index contributed by atoms with van der Waals surface area (Å²) in [5.41, 5.74) is 0.0420. The van der Waals surface area contributed by atoms with E-state index >= 15 is 0 Å². The number of ether oxygens (including phenoxy) is 2. The molecule has 1 aromatic carbocycles. The molecule has 0 spiro atoms. The monoisotopic (exact) mass is 336 g/mol. The van der Waals surface area contributed by atoms with Crippen LogP contribution >= 0.6 is 0 Å². The maximum atomic E-state index is 5.90. The Hall–Kier alpha value is -1.95. The van der Waals surface area contributed by atoms with Gasteiger partial charge < -0.3 is 25.0 Å². The van der Waals surface area contributed by atoms with Crippen molar-refractivity contribution in [3.63, 3.8) is 0 Å². The smallest absolute Gasteiger partial charge is 0.191 e. The van der Waals surface area contributed by atoms with E-state index in [2.05, 4.69) is 48.5 Å². The van der Waals surface area contributed by atoms with E-state index in [1.165, 1.54) is 0 Å². The van der Waals surface area contributed by atoms with E-state index in [4.69, 9.17) is 9.47 Å². The predicted octanol–water partition coefficient (Wildman–Crippen LogP) is 1.97. The molecule has 0 saturated heterocycles. The molecule has 0 radical (unpaired) electrons. The van der Waals surface area contributed by atoms with Crippen LogP contribution in [0.5, 0.6) is 11.5 Å². The summed E-state index contributed by atoms with van der Waals surface area (Å²) in [5, 5.41) is 6.64. The Kier molecular flexibility index (Phi) is 7.85. The average molecular weight is 336 g/mol. The van der Waals surface area contributed by atoms with Crippen LogP contribution in [0.4, 0.5) is 0 Å². The van der Waals surface area contributed by atoms with Crippen LogP contribution in [0.3, 0.4) is 0 Å². The van der Waals surface area contributed by atoms with Crippen molar-refractivity contribution in [2.24, 2.45) is 4.99 Å². The van der Waals surface area contributed by atoms with Gasteiger partial charge in [-0.2, -0.15) is 0 Å². The Morgan fingerprint density at radius 1 is 1.25 bits per heavy atom. The molecule has 1 unspecified atom stereocenters. The minimum absolute atomic E-state index is 0.00230. The molecule has 0 heterocycles. The highest BCUT2D eigenvalue weighted by Gasteiger charge is 2.20. The number of hydrogen-bond acceptors (Lipinski definition) is 4. The maximum Gasteiger partial charge on any atom is 0.191 e. The molecule has 1 aromatic rings. The topological polar surface area (TPSA) is 58.1 Å². The molecule has 136 valence electrons. The van der Waals surface area contributed by atoms with Gasteiger partial charge in [-0.1, -0.05) is 6.07 Å². The number of guanidine groups is 1. The molecule has 0 aliphatic rings. The van der Waals surface area contributed by atoms with Gasteiger partial charge in [0.15, 0.2) is 5.96 Å². The first-order valence-corrected chi connectivity index (χ1v) is 8.21. The number of methoxy groups -OCH3 is 1. The highest BCUT2D eigenvalue weighted by molar-refractivity contribution is 5.79. The molecule has 1 atom stereocenters. The van der Waals surface area contributed by atoms with Gasteiger partial charge >= 0.3 is 0 Å². The normalized spacial score (nSPS) is 13.6. The predicted molar refractivity (Wildman–Crippen MR) is 100 cm³/mol. The summed E-state index contributed by atoms with van der Waals surface area (Å²) >= 11 is 0. The van der Waals surface area contributed by atoms with Crippen LogP contribution in [0.15, 0.2) is 29.3 Å². The number of hydrogen-bond donors (Lipinski definition) is 2. The molecule has 0 fully saturated rings. The maximum absolute atomic E-state index is 5.90. The molecule has 0 saturated carbocycles. The van der Waals surface area contributed by atoms with Gasteiger partial charge in [0.25, 0.3) is 0 Å². The van der Waals surface area contributed by atoms with Crippen LogP contribution in [0.25, 0.3) is 0 Å². The molecule has 0 bridgehead atoms. The first kappa shape index (κ1) is 20.1. The first-order valence-electron chi connectivity index (χ1n) is 8.21. The summed E-state index contributed by atoms with van der Waals surface area (Å²) in [5.74, 6) is 2.35. The molecular weight excluding hydrogens is 304 g/mol. The number of rotatable bonds is 8. The number of aliphatic imine (C=N–C) groups is 1. The third kappa shape index (κ3) is 6.66. The van der Waals surface area contributed by atoms with E-state index in [0.717, 1.165) is 24.0 Å². The molecule has 0 aliphatic heterocycles. The van der Waals surface area contributed by atoms with Crippen molar-refractivity contribution in [3.8, 4) is 11.5 Å². The van der Waals surface area contributed by atoms with Crippen LogP contribution in [-0.4, -0.2) is 63.8 Å². The van der Waals surface area contributed by atoms with Gasteiger partial charge in [0.05, 0.1) is 13.7 Å². The molecular formula is C18H32N4O2. The fourth-order valence-corrected chi connectivity index (χ4v) is 1.87. The van der Waals surface area contributed by atoms with Gasteiger partial charge in [-0.3, -0.25) is 4.99 Å². The quantitative estimate of drug-likeness (QED) is 0.561. The van der Waals surface area contributed by atoms with E-state index in [0.29, 0.717) is 6.54 Å². The van der Waals surface area contributed by atoms with Gasteiger partial charge in [0.1, 0.15) is 17.6 Å². The Morgan fingerprint density at radius 3 is 2.50 bits per heavy atom. The van der Waals surface area contributed by atoms with E-state index < -0.39 is 0 Å². The lowest BCUT2D eigenvalue weighted by atomic mass is 10.0. The van der Waals surface area contributed by atoms with Crippen LogP contribution in [0.1, 0.15) is 20.8 Å². The number of likely N-dealkylation sites (N-methyl/N-ethyl adjacent to an activating group) is 1. The molecule has 24 heavy (non-hydrogen) atoms. The second-order valence-electron chi connectivity index (χ2n) is 6.62. The third-order valence-electron chi connectivity index (χ3n) is 4.06. The fraction of sp³-hybridized carbons (Fsp3) is 0.611. The van der Waals surface area contributed by atoms with Crippen molar-refractivity contribution >= 4 is 5.96 Å². The Labute approximate surface area is 146 Å². The lowest BCUT2D eigenvalue weighted by Gasteiger charge is -2.33. The lowest BCUT2D eigenvalue weighted by molar-refractivity contribution is 0.196. The van der Waals surface area contributed by atoms with Crippen molar-refractivity contribution < 1.29 is 9.47 Å². The third-order valence-corrected chi connectivity index (χ3v) is 4.06. The van der Waals surface area contributed by atoms with Crippen LogP contribution in [-0.2, 0) is 0 Å². The minimum Gasteiger partial charge on any atom is -0.497 e. The second-order valence-corrected chi connectivity index (χ2v) is 6.62. The Morgan fingerprint density at radius 2 is 1.92 bits per heavy atom. The lowest BCUT2D eigenvalue weighted by Crippen LogP contribution is -2.51. The van der Waals surface area contributed by atoms with Crippen LogP contribution in [0.2, 0.25) is 0 Å². The van der Waals surface area contributed by atoms with Gasteiger partial charge in [-0.15, -0.1) is 0 Å². The van der Waals surface area contributed by atoms with Gasteiger partial charge in [-0.05, 0) is 47.0 Å². The molecule has 0 aromatic heterocycles. The number of benzene rings is 1. The van der Waals surface area contributed by atoms with E-state index in [-0.39, 0.29) is 11.6 Å². The van der Waals surface area contributed by atoms with Gasteiger partial charge in [0.2, 0.25) is 0 Å². The number of nitrogens with one attached hydrogen (secondary N) is 2. The van der Waals surface area contributed by atoms with Crippen LogP contribution < -0.4 is 20.1 Å².